The lowest BCUT2D eigenvalue weighted by Gasteiger charge is -2.25. The summed E-state index contributed by atoms with van der Waals surface area (Å²) in [4.78, 5) is 20.6. The van der Waals surface area contributed by atoms with E-state index in [0.717, 1.165) is 29.7 Å². The topological polar surface area (TPSA) is 60.9 Å². The van der Waals surface area contributed by atoms with Gasteiger partial charge in [-0.1, -0.05) is 11.3 Å². The third-order valence-corrected chi connectivity index (χ3v) is 6.10. The lowest BCUT2D eigenvalue weighted by Crippen LogP contribution is -2.39. The Kier molecular flexibility index (Phi) is 5.33. The minimum Gasteiger partial charge on any atom is -0.494 e. The van der Waals surface area contributed by atoms with E-state index in [1.54, 1.807) is 16.7 Å². The average Bonchev–Trinajstić information content (AvgIpc) is 3.34. The molecule has 1 amide bonds. The molecular formula is C18H20N2O4S2. The zero-order chi connectivity index (χ0) is 17.9. The molecule has 0 aliphatic carbocycles. The van der Waals surface area contributed by atoms with Gasteiger partial charge in [-0.15, -0.1) is 11.8 Å². The normalized spacial score (nSPS) is 19.7. The zero-order valence-electron chi connectivity index (χ0n) is 14.5. The van der Waals surface area contributed by atoms with Crippen LogP contribution in [0.5, 0.6) is 0 Å². The van der Waals surface area contributed by atoms with Crippen LogP contribution in [0.2, 0.25) is 0 Å². The molecule has 1 saturated heterocycles. The molecule has 1 aromatic carbocycles. The summed E-state index contributed by atoms with van der Waals surface area (Å²) in [5.41, 5.74) is 0.891. The molecule has 0 saturated carbocycles. The molecule has 1 unspecified atom stereocenters. The number of thiazole rings is 1. The molecule has 138 valence electrons. The fourth-order valence-electron chi connectivity index (χ4n) is 2.99. The van der Waals surface area contributed by atoms with Crippen molar-refractivity contribution in [3.63, 3.8) is 0 Å². The van der Waals surface area contributed by atoms with Crippen LogP contribution in [0.15, 0.2) is 35.1 Å². The van der Waals surface area contributed by atoms with Gasteiger partial charge in [0.1, 0.15) is 19.5 Å². The number of nitrogens with zero attached hydrogens (tertiary/aromatic N) is 2. The number of thioether (sulfide) groups is 1. The van der Waals surface area contributed by atoms with Gasteiger partial charge in [-0.3, -0.25) is 9.69 Å². The van der Waals surface area contributed by atoms with E-state index >= 15 is 0 Å². The number of aromatic nitrogens is 1. The maximum absolute atomic E-state index is 13.0. The quantitative estimate of drug-likeness (QED) is 0.727. The van der Waals surface area contributed by atoms with Crippen LogP contribution in [-0.2, 0) is 19.0 Å². The maximum atomic E-state index is 13.0. The molecular weight excluding hydrogens is 372 g/mol. The number of fused-ring (bicyclic) bond motifs is 1. The molecule has 0 N–H and O–H groups in total. The van der Waals surface area contributed by atoms with Crippen LogP contribution in [0.1, 0.15) is 12.8 Å². The second kappa shape index (κ2) is 7.85. The standard InChI is InChI=1S/C18H20N2O4S2/c1-25-13-4-5-14-16(9-13)26-18(19-14)20(10-12-3-2-6-23-12)17(21)15-11-22-7-8-24-15/h4-5,9,11-12H,2-3,6-8,10H2,1H3. The van der Waals surface area contributed by atoms with Crippen molar-refractivity contribution in [1.82, 2.24) is 4.98 Å². The lowest BCUT2D eigenvalue weighted by molar-refractivity contribution is -0.120. The fourth-order valence-corrected chi connectivity index (χ4v) is 4.52. The Labute approximate surface area is 160 Å². The second-order valence-electron chi connectivity index (χ2n) is 6.08. The summed E-state index contributed by atoms with van der Waals surface area (Å²) in [5.74, 6) is -0.0114. The van der Waals surface area contributed by atoms with Gasteiger partial charge in [0.2, 0.25) is 5.76 Å². The van der Waals surface area contributed by atoms with E-state index in [-0.39, 0.29) is 17.8 Å². The Balaban J connectivity index is 1.66. The molecule has 1 atom stereocenters. The predicted molar refractivity (Wildman–Crippen MR) is 103 cm³/mol. The summed E-state index contributed by atoms with van der Waals surface area (Å²) in [6.45, 7) is 2.05. The van der Waals surface area contributed by atoms with Gasteiger partial charge in [0, 0.05) is 11.5 Å². The van der Waals surface area contributed by atoms with Gasteiger partial charge in [-0.05, 0) is 37.3 Å². The van der Waals surface area contributed by atoms with Crippen molar-refractivity contribution in [3.8, 4) is 0 Å². The van der Waals surface area contributed by atoms with Gasteiger partial charge in [-0.25, -0.2) is 4.98 Å². The van der Waals surface area contributed by atoms with E-state index in [1.165, 1.54) is 22.5 Å². The largest absolute Gasteiger partial charge is 0.494 e. The van der Waals surface area contributed by atoms with E-state index in [1.807, 2.05) is 18.4 Å². The van der Waals surface area contributed by atoms with Crippen molar-refractivity contribution < 1.29 is 19.0 Å². The van der Waals surface area contributed by atoms with E-state index in [2.05, 4.69) is 11.1 Å². The van der Waals surface area contributed by atoms with Crippen molar-refractivity contribution >= 4 is 44.4 Å². The smallest absolute Gasteiger partial charge is 0.298 e. The van der Waals surface area contributed by atoms with E-state index in [0.29, 0.717) is 24.9 Å². The number of benzene rings is 1. The third-order valence-electron chi connectivity index (χ3n) is 4.33. The number of anilines is 1. The molecule has 8 heteroatoms. The molecule has 1 aromatic heterocycles. The van der Waals surface area contributed by atoms with Crippen LogP contribution in [0.25, 0.3) is 10.2 Å². The maximum Gasteiger partial charge on any atom is 0.298 e. The summed E-state index contributed by atoms with van der Waals surface area (Å²) in [6, 6.07) is 6.15. The molecule has 2 aliphatic heterocycles. The minimum absolute atomic E-state index is 0.0258. The first kappa shape index (κ1) is 17.6. The van der Waals surface area contributed by atoms with Gasteiger partial charge in [0.15, 0.2) is 5.13 Å². The highest BCUT2D eigenvalue weighted by molar-refractivity contribution is 7.98. The van der Waals surface area contributed by atoms with Gasteiger partial charge in [0.25, 0.3) is 5.91 Å². The lowest BCUT2D eigenvalue weighted by atomic mass is 10.2. The van der Waals surface area contributed by atoms with Gasteiger partial charge in [0.05, 0.1) is 22.9 Å². The van der Waals surface area contributed by atoms with Crippen LogP contribution >= 0.6 is 23.1 Å². The summed E-state index contributed by atoms with van der Waals surface area (Å²) in [7, 11) is 0. The highest BCUT2D eigenvalue weighted by atomic mass is 32.2. The van der Waals surface area contributed by atoms with E-state index < -0.39 is 0 Å². The number of hydrogen-bond acceptors (Lipinski definition) is 7. The fraction of sp³-hybridized carbons (Fsp3) is 0.444. The summed E-state index contributed by atoms with van der Waals surface area (Å²) < 4.78 is 17.6. The second-order valence-corrected chi connectivity index (χ2v) is 7.97. The molecule has 2 aromatic rings. The van der Waals surface area contributed by atoms with Crippen molar-refractivity contribution in [2.24, 2.45) is 0 Å². The highest BCUT2D eigenvalue weighted by Crippen LogP contribution is 2.33. The first-order valence-corrected chi connectivity index (χ1v) is 10.6. The summed E-state index contributed by atoms with van der Waals surface area (Å²) in [5, 5.41) is 0.661. The van der Waals surface area contributed by atoms with Crippen LogP contribution < -0.4 is 4.90 Å². The van der Waals surface area contributed by atoms with Crippen LogP contribution in [0.3, 0.4) is 0 Å². The molecule has 1 fully saturated rings. The molecule has 0 bridgehead atoms. The Morgan fingerprint density at radius 3 is 3.04 bits per heavy atom. The Morgan fingerprint density at radius 1 is 1.38 bits per heavy atom. The Hall–Kier alpha value is -1.77. The van der Waals surface area contributed by atoms with E-state index in [9.17, 15) is 4.79 Å². The Bertz CT molecular complexity index is 830. The molecule has 6 nitrogen and oxygen atoms in total. The number of carbonyl (C=O) groups is 1. The van der Waals surface area contributed by atoms with Crippen molar-refractivity contribution in [2.45, 2.75) is 23.8 Å². The predicted octanol–water partition coefficient (Wildman–Crippen LogP) is 3.42. The minimum atomic E-state index is -0.232. The number of rotatable bonds is 5. The average molecular weight is 393 g/mol. The van der Waals surface area contributed by atoms with Crippen LogP contribution in [-0.4, -0.2) is 49.6 Å². The number of amides is 1. The molecule has 26 heavy (non-hydrogen) atoms. The number of ether oxygens (including phenoxy) is 3. The number of hydrogen-bond donors (Lipinski definition) is 0. The zero-order valence-corrected chi connectivity index (χ0v) is 16.1. The van der Waals surface area contributed by atoms with Crippen LogP contribution in [0.4, 0.5) is 5.13 Å². The van der Waals surface area contributed by atoms with Crippen molar-refractivity contribution in [1.29, 1.82) is 0 Å². The van der Waals surface area contributed by atoms with Crippen molar-refractivity contribution in [2.75, 3.05) is 37.5 Å². The molecule has 4 rings (SSSR count). The molecule has 2 aliphatic rings. The molecule has 0 radical (unpaired) electrons. The Morgan fingerprint density at radius 2 is 2.31 bits per heavy atom. The summed E-state index contributed by atoms with van der Waals surface area (Å²) in [6.07, 6.45) is 5.43. The van der Waals surface area contributed by atoms with Gasteiger partial charge >= 0.3 is 0 Å². The molecule has 0 spiro atoms. The summed E-state index contributed by atoms with van der Waals surface area (Å²) >= 11 is 3.20. The third kappa shape index (κ3) is 3.67. The monoisotopic (exact) mass is 392 g/mol. The van der Waals surface area contributed by atoms with Gasteiger partial charge in [-0.2, -0.15) is 0 Å². The SMILES string of the molecule is CSc1ccc2nc(N(CC3CCCO3)C(=O)C3=COCCO3)sc2c1. The van der Waals surface area contributed by atoms with E-state index in [4.69, 9.17) is 14.2 Å². The first-order chi connectivity index (χ1) is 12.7. The van der Waals surface area contributed by atoms with Gasteiger partial charge < -0.3 is 14.2 Å². The van der Waals surface area contributed by atoms with Crippen molar-refractivity contribution in [3.05, 3.63) is 30.2 Å². The first-order valence-electron chi connectivity index (χ1n) is 8.57. The molecule has 3 heterocycles. The number of carbonyl (C=O) groups excluding carboxylic acids is 1. The van der Waals surface area contributed by atoms with Crippen LogP contribution in [0, 0.1) is 0 Å². The highest BCUT2D eigenvalue weighted by Gasteiger charge is 2.30.